The van der Waals surface area contributed by atoms with Crippen LogP contribution < -0.4 is 16.0 Å². The standard InChI is InChI=1S/C12H11Cl2N3O/c13-9-3-4-11(10(14)6-9)18-7-8-2-1-5-16-12(8)17-15/h1-6H,7,15H2,(H,16,17). The third-order valence-electron chi connectivity index (χ3n) is 2.31. The Morgan fingerprint density at radius 2 is 2.11 bits per heavy atom. The molecule has 94 valence electrons. The number of nitrogens with two attached hydrogens (primary N) is 1. The van der Waals surface area contributed by atoms with Gasteiger partial charge in [-0.15, -0.1) is 0 Å². The number of hydrogen-bond donors (Lipinski definition) is 2. The maximum atomic E-state index is 6.00. The summed E-state index contributed by atoms with van der Waals surface area (Å²) in [6.07, 6.45) is 1.65. The van der Waals surface area contributed by atoms with Gasteiger partial charge in [-0.2, -0.15) is 0 Å². The molecule has 1 aromatic carbocycles. The van der Waals surface area contributed by atoms with E-state index in [2.05, 4.69) is 10.4 Å². The van der Waals surface area contributed by atoms with Crippen LogP contribution in [0, 0.1) is 0 Å². The largest absolute Gasteiger partial charge is 0.487 e. The Morgan fingerprint density at radius 1 is 1.28 bits per heavy atom. The summed E-state index contributed by atoms with van der Waals surface area (Å²) in [6.45, 7) is 0.314. The molecule has 0 amide bonds. The van der Waals surface area contributed by atoms with Crippen molar-refractivity contribution in [3.8, 4) is 5.75 Å². The first-order valence-electron chi connectivity index (χ1n) is 5.19. The number of rotatable bonds is 4. The molecule has 1 heterocycles. The van der Waals surface area contributed by atoms with E-state index in [0.29, 0.717) is 28.2 Å². The second-order valence-electron chi connectivity index (χ2n) is 3.52. The van der Waals surface area contributed by atoms with E-state index < -0.39 is 0 Å². The van der Waals surface area contributed by atoms with Crippen LogP contribution in [-0.2, 0) is 6.61 Å². The summed E-state index contributed by atoms with van der Waals surface area (Å²) < 4.78 is 5.59. The van der Waals surface area contributed by atoms with Crippen molar-refractivity contribution in [2.45, 2.75) is 6.61 Å². The number of benzene rings is 1. The molecule has 0 aliphatic rings. The predicted molar refractivity (Wildman–Crippen MR) is 72.8 cm³/mol. The van der Waals surface area contributed by atoms with Crippen LogP contribution in [0.25, 0.3) is 0 Å². The first kappa shape index (κ1) is 13.0. The third kappa shape index (κ3) is 3.04. The number of ether oxygens (including phenoxy) is 1. The second-order valence-corrected chi connectivity index (χ2v) is 4.36. The van der Waals surface area contributed by atoms with E-state index in [1.54, 1.807) is 24.4 Å². The van der Waals surface area contributed by atoms with Gasteiger partial charge in [0.1, 0.15) is 18.2 Å². The summed E-state index contributed by atoms with van der Waals surface area (Å²) in [5.74, 6) is 6.49. The second kappa shape index (κ2) is 5.91. The molecule has 0 aliphatic carbocycles. The number of pyridine rings is 1. The van der Waals surface area contributed by atoms with Gasteiger partial charge in [0.25, 0.3) is 0 Å². The summed E-state index contributed by atoms with van der Waals surface area (Å²) in [5.41, 5.74) is 3.35. The molecule has 0 radical (unpaired) electrons. The van der Waals surface area contributed by atoms with Crippen molar-refractivity contribution < 1.29 is 4.74 Å². The average molecular weight is 284 g/mol. The summed E-state index contributed by atoms with van der Waals surface area (Å²) in [4.78, 5) is 4.08. The molecule has 3 N–H and O–H groups in total. The first-order valence-corrected chi connectivity index (χ1v) is 5.94. The zero-order valence-corrected chi connectivity index (χ0v) is 10.9. The van der Waals surface area contributed by atoms with E-state index in [-0.39, 0.29) is 0 Å². The molecule has 0 saturated carbocycles. The van der Waals surface area contributed by atoms with Gasteiger partial charge >= 0.3 is 0 Å². The molecule has 0 aliphatic heterocycles. The van der Waals surface area contributed by atoms with E-state index in [4.69, 9.17) is 33.8 Å². The van der Waals surface area contributed by atoms with Gasteiger partial charge < -0.3 is 10.2 Å². The molecule has 0 spiro atoms. The summed E-state index contributed by atoms with van der Waals surface area (Å²) in [6, 6.07) is 8.74. The van der Waals surface area contributed by atoms with E-state index in [1.807, 2.05) is 12.1 Å². The van der Waals surface area contributed by atoms with Crippen molar-refractivity contribution >= 4 is 29.0 Å². The summed E-state index contributed by atoms with van der Waals surface area (Å²) >= 11 is 11.8. The minimum atomic E-state index is 0.314. The highest BCUT2D eigenvalue weighted by atomic mass is 35.5. The topological polar surface area (TPSA) is 60.2 Å². The van der Waals surface area contributed by atoms with Crippen molar-refractivity contribution in [3.05, 3.63) is 52.1 Å². The number of anilines is 1. The van der Waals surface area contributed by atoms with Crippen LogP contribution in [0.1, 0.15) is 5.56 Å². The number of aromatic nitrogens is 1. The molecule has 0 fully saturated rings. The van der Waals surface area contributed by atoms with Crippen molar-refractivity contribution in [1.29, 1.82) is 0 Å². The Morgan fingerprint density at radius 3 is 2.83 bits per heavy atom. The Labute approximate surface area is 115 Å². The Hall–Kier alpha value is -1.49. The normalized spacial score (nSPS) is 10.2. The Balaban J connectivity index is 2.11. The predicted octanol–water partition coefficient (Wildman–Crippen LogP) is 3.25. The van der Waals surface area contributed by atoms with Gasteiger partial charge in [-0.3, -0.25) is 0 Å². The maximum Gasteiger partial charge on any atom is 0.146 e. The highest BCUT2D eigenvalue weighted by molar-refractivity contribution is 6.35. The molecule has 2 rings (SSSR count). The van der Waals surface area contributed by atoms with E-state index in [9.17, 15) is 0 Å². The lowest BCUT2D eigenvalue weighted by Crippen LogP contribution is -2.12. The lowest BCUT2D eigenvalue weighted by molar-refractivity contribution is 0.306. The van der Waals surface area contributed by atoms with Crippen molar-refractivity contribution in [2.24, 2.45) is 5.84 Å². The van der Waals surface area contributed by atoms with Gasteiger partial charge in [0, 0.05) is 16.8 Å². The molecule has 18 heavy (non-hydrogen) atoms. The number of nitrogens with zero attached hydrogens (tertiary/aromatic N) is 1. The van der Waals surface area contributed by atoms with Gasteiger partial charge in [0.05, 0.1) is 5.02 Å². The van der Waals surface area contributed by atoms with Gasteiger partial charge in [0.15, 0.2) is 0 Å². The fraction of sp³-hybridized carbons (Fsp3) is 0.0833. The molecule has 0 saturated heterocycles. The molecule has 6 heteroatoms. The van der Waals surface area contributed by atoms with Crippen LogP contribution in [0.5, 0.6) is 5.75 Å². The first-order chi connectivity index (χ1) is 8.70. The minimum Gasteiger partial charge on any atom is -0.487 e. The number of nitrogens with one attached hydrogen (secondary N) is 1. The van der Waals surface area contributed by atoms with E-state index >= 15 is 0 Å². The van der Waals surface area contributed by atoms with Gasteiger partial charge in [-0.05, 0) is 24.3 Å². The number of nitrogen functional groups attached to an aromatic ring is 1. The lowest BCUT2D eigenvalue weighted by Gasteiger charge is -2.10. The number of halogens is 2. The molecule has 2 aromatic rings. The van der Waals surface area contributed by atoms with Crippen molar-refractivity contribution in [2.75, 3.05) is 5.43 Å². The fourth-order valence-corrected chi connectivity index (χ4v) is 1.90. The number of hydrogen-bond acceptors (Lipinski definition) is 4. The molecule has 4 nitrogen and oxygen atoms in total. The molecular weight excluding hydrogens is 273 g/mol. The number of hydrazine groups is 1. The Kier molecular flexibility index (Phi) is 4.25. The summed E-state index contributed by atoms with van der Waals surface area (Å²) in [5, 5.41) is 1.03. The average Bonchev–Trinajstić information content (AvgIpc) is 2.38. The van der Waals surface area contributed by atoms with Crippen molar-refractivity contribution in [3.63, 3.8) is 0 Å². The lowest BCUT2D eigenvalue weighted by atomic mass is 10.2. The molecule has 0 bridgehead atoms. The fourth-order valence-electron chi connectivity index (χ4n) is 1.43. The monoisotopic (exact) mass is 283 g/mol. The van der Waals surface area contributed by atoms with E-state index in [0.717, 1.165) is 5.56 Å². The highest BCUT2D eigenvalue weighted by Gasteiger charge is 2.05. The maximum absolute atomic E-state index is 6.00. The SMILES string of the molecule is NNc1ncccc1COc1ccc(Cl)cc1Cl. The smallest absolute Gasteiger partial charge is 0.146 e. The van der Waals surface area contributed by atoms with Crippen LogP contribution in [-0.4, -0.2) is 4.98 Å². The van der Waals surface area contributed by atoms with Crippen LogP contribution in [0.15, 0.2) is 36.5 Å². The van der Waals surface area contributed by atoms with Crippen LogP contribution in [0.2, 0.25) is 10.0 Å². The van der Waals surface area contributed by atoms with Crippen LogP contribution in [0.3, 0.4) is 0 Å². The molecule has 0 atom stereocenters. The molecule has 1 aromatic heterocycles. The van der Waals surface area contributed by atoms with Crippen molar-refractivity contribution in [1.82, 2.24) is 4.98 Å². The van der Waals surface area contributed by atoms with Crippen LogP contribution in [0.4, 0.5) is 5.82 Å². The van der Waals surface area contributed by atoms with Gasteiger partial charge in [-0.25, -0.2) is 10.8 Å². The summed E-state index contributed by atoms with van der Waals surface area (Å²) in [7, 11) is 0. The Bertz CT molecular complexity index is 549. The highest BCUT2D eigenvalue weighted by Crippen LogP contribution is 2.28. The van der Waals surface area contributed by atoms with Gasteiger partial charge in [0.2, 0.25) is 0 Å². The van der Waals surface area contributed by atoms with Gasteiger partial charge in [-0.1, -0.05) is 29.3 Å². The zero-order valence-electron chi connectivity index (χ0n) is 9.36. The zero-order chi connectivity index (χ0) is 13.0. The van der Waals surface area contributed by atoms with Crippen LogP contribution >= 0.6 is 23.2 Å². The molecular formula is C12H11Cl2N3O. The third-order valence-corrected chi connectivity index (χ3v) is 2.84. The quantitative estimate of drug-likeness (QED) is 0.668. The molecule has 0 unspecified atom stereocenters. The minimum absolute atomic E-state index is 0.314. The van der Waals surface area contributed by atoms with E-state index in [1.165, 1.54) is 0 Å².